The standard InChI is InChI=1S/C18H25FN4S.HI/c1-4-20-18(21-9-8-14-6-5-7-15(19)10-14)22-11-17-23-16(12-24-17)13(2)3;/h5-7,10,12-13H,4,8-9,11H2,1-3H3,(H2,20,21,22);1H. The molecule has 25 heavy (non-hydrogen) atoms. The van der Waals surface area contributed by atoms with Crippen molar-refractivity contribution >= 4 is 41.3 Å². The van der Waals surface area contributed by atoms with E-state index in [2.05, 4.69) is 39.8 Å². The summed E-state index contributed by atoms with van der Waals surface area (Å²) in [6, 6.07) is 6.69. The molecule has 1 heterocycles. The third-order valence-corrected chi connectivity index (χ3v) is 4.32. The van der Waals surface area contributed by atoms with Gasteiger partial charge in [0.25, 0.3) is 0 Å². The van der Waals surface area contributed by atoms with Gasteiger partial charge in [0.15, 0.2) is 5.96 Å². The minimum atomic E-state index is -0.196. The topological polar surface area (TPSA) is 49.3 Å². The average Bonchev–Trinajstić information content (AvgIpc) is 3.02. The molecular weight excluding hydrogens is 450 g/mol. The molecule has 4 nitrogen and oxygen atoms in total. The van der Waals surface area contributed by atoms with Crippen LogP contribution in [0.4, 0.5) is 4.39 Å². The van der Waals surface area contributed by atoms with Crippen LogP contribution in [0, 0.1) is 5.82 Å². The first-order valence-electron chi connectivity index (χ1n) is 8.29. The maximum absolute atomic E-state index is 13.2. The molecule has 7 heteroatoms. The van der Waals surface area contributed by atoms with E-state index in [0.29, 0.717) is 19.0 Å². The van der Waals surface area contributed by atoms with Crippen molar-refractivity contribution in [2.24, 2.45) is 4.99 Å². The predicted octanol–water partition coefficient (Wildman–Crippen LogP) is 4.32. The number of nitrogens with zero attached hydrogens (tertiary/aromatic N) is 2. The number of thiazole rings is 1. The van der Waals surface area contributed by atoms with Crippen LogP contribution in [0.1, 0.15) is 43.0 Å². The van der Waals surface area contributed by atoms with E-state index in [9.17, 15) is 4.39 Å². The van der Waals surface area contributed by atoms with Gasteiger partial charge in [0.1, 0.15) is 10.8 Å². The van der Waals surface area contributed by atoms with Gasteiger partial charge in [-0.3, -0.25) is 0 Å². The molecule has 1 aromatic carbocycles. The maximum atomic E-state index is 13.2. The van der Waals surface area contributed by atoms with Crippen molar-refractivity contribution in [2.75, 3.05) is 13.1 Å². The van der Waals surface area contributed by atoms with Crippen LogP contribution < -0.4 is 10.6 Å². The van der Waals surface area contributed by atoms with Crippen molar-refractivity contribution in [1.29, 1.82) is 0 Å². The first-order valence-corrected chi connectivity index (χ1v) is 9.17. The molecule has 0 saturated heterocycles. The van der Waals surface area contributed by atoms with Crippen molar-refractivity contribution in [3.8, 4) is 0 Å². The molecule has 0 amide bonds. The Labute approximate surface area is 170 Å². The Morgan fingerprint density at radius 1 is 1.32 bits per heavy atom. The predicted molar refractivity (Wildman–Crippen MR) is 115 cm³/mol. The van der Waals surface area contributed by atoms with Gasteiger partial charge in [0.05, 0.1) is 12.2 Å². The molecule has 0 atom stereocenters. The fraction of sp³-hybridized carbons (Fsp3) is 0.444. The van der Waals surface area contributed by atoms with Crippen LogP contribution in [-0.4, -0.2) is 24.0 Å². The summed E-state index contributed by atoms with van der Waals surface area (Å²) in [6.07, 6.45) is 0.747. The Bertz CT molecular complexity index is 673. The molecule has 0 unspecified atom stereocenters. The van der Waals surface area contributed by atoms with Crippen LogP contribution >= 0.6 is 35.3 Å². The zero-order chi connectivity index (χ0) is 17.4. The van der Waals surface area contributed by atoms with E-state index < -0.39 is 0 Å². The molecule has 2 rings (SSSR count). The first kappa shape index (κ1) is 21.8. The van der Waals surface area contributed by atoms with Crippen molar-refractivity contribution in [3.63, 3.8) is 0 Å². The number of halogens is 2. The largest absolute Gasteiger partial charge is 0.357 e. The van der Waals surface area contributed by atoms with E-state index in [0.717, 1.165) is 35.2 Å². The van der Waals surface area contributed by atoms with Crippen LogP contribution in [0.5, 0.6) is 0 Å². The first-order chi connectivity index (χ1) is 11.6. The summed E-state index contributed by atoms with van der Waals surface area (Å²) in [5, 5.41) is 9.62. The van der Waals surface area contributed by atoms with Crippen LogP contribution in [0.2, 0.25) is 0 Å². The maximum Gasteiger partial charge on any atom is 0.191 e. The molecule has 0 aliphatic rings. The SMILES string of the molecule is CCNC(=NCc1nc(C(C)C)cs1)NCCc1cccc(F)c1.I. The molecule has 0 radical (unpaired) electrons. The van der Waals surface area contributed by atoms with Gasteiger partial charge in [-0.15, -0.1) is 35.3 Å². The minimum absolute atomic E-state index is 0. The summed E-state index contributed by atoms with van der Waals surface area (Å²) in [5.41, 5.74) is 2.09. The lowest BCUT2D eigenvalue weighted by atomic mass is 10.1. The van der Waals surface area contributed by atoms with Gasteiger partial charge >= 0.3 is 0 Å². The number of benzene rings is 1. The highest BCUT2D eigenvalue weighted by Gasteiger charge is 2.05. The van der Waals surface area contributed by atoms with Gasteiger partial charge in [0, 0.05) is 18.5 Å². The van der Waals surface area contributed by atoms with Crippen molar-refractivity contribution < 1.29 is 4.39 Å². The second-order valence-electron chi connectivity index (χ2n) is 5.82. The second-order valence-corrected chi connectivity index (χ2v) is 6.77. The minimum Gasteiger partial charge on any atom is -0.357 e. The van der Waals surface area contributed by atoms with Crippen molar-refractivity contribution in [1.82, 2.24) is 15.6 Å². The second kappa shape index (κ2) is 11.4. The van der Waals surface area contributed by atoms with E-state index in [1.807, 2.05) is 13.0 Å². The Hall–Kier alpha value is -1.22. The highest BCUT2D eigenvalue weighted by Crippen LogP contribution is 2.18. The van der Waals surface area contributed by atoms with Crippen LogP contribution in [0.25, 0.3) is 0 Å². The number of guanidine groups is 1. The Morgan fingerprint density at radius 2 is 2.12 bits per heavy atom. The zero-order valence-corrected chi connectivity index (χ0v) is 18.0. The number of nitrogens with one attached hydrogen (secondary N) is 2. The molecule has 2 N–H and O–H groups in total. The average molecular weight is 476 g/mol. The lowest BCUT2D eigenvalue weighted by molar-refractivity contribution is 0.625. The van der Waals surface area contributed by atoms with Crippen LogP contribution in [0.3, 0.4) is 0 Å². The monoisotopic (exact) mass is 476 g/mol. The fourth-order valence-corrected chi connectivity index (χ4v) is 3.05. The molecule has 0 spiro atoms. The smallest absolute Gasteiger partial charge is 0.191 e. The summed E-state index contributed by atoms with van der Waals surface area (Å²) in [6.45, 7) is 8.36. The summed E-state index contributed by atoms with van der Waals surface area (Å²) >= 11 is 1.64. The van der Waals surface area contributed by atoms with Crippen molar-refractivity contribution in [2.45, 2.75) is 39.7 Å². The molecule has 2 aromatic rings. The number of rotatable bonds is 7. The van der Waals surface area contributed by atoms with E-state index in [1.54, 1.807) is 23.5 Å². The Kier molecular flexibility index (Phi) is 9.96. The molecule has 0 saturated carbocycles. The summed E-state index contributed by atoms with van der Waals surface area (Å²) < 4.78 is 13.2. The molecule has 0 bridgehead atoms. The van der Waals surface area contributed by atoms with Crippen LogP contribution in [0.15, 0.2) is 34.6 Å². The number of hydrogen-bond acceptors (Lipinski definition) is 3. The lowest BCUT2D eigenvalue weighted by Gasteiger charge is -2.11. The summed E-state index contributed by atoms with van der Waals surface area (Å²) in [5.74, 6) is 1.00. The number of aliphatic imine (C=N–C) groups is 1. The third kappa shape index (κ3) is 7.68. The molecular formula is C18H26FIN4S. The fourth-order valence-electron chi connectivity index (χ4n) is 2.17. The van der Waals surface area contributed by atoms with Crippen LogP contribution in [-0.2, 0) is 13.0 Å². The van der Waals surface area contributed by atoms with Gasteiger partial charge in [0.2, 0.25) is 0 Å². The van der Waals surface area contributed by atoms with E-state index in [4.69, 9.17) is 0 Å². The van der Waals surface area contributed by atoms with E-state index in [-0.39, 0.29) is 29.8 Å². The van der Waals surface area contributed by atoms with Gasteiger partial charge in [-0.2, -0.15) is 0 Å². The Morgan fingerprint density at radius 3 is 2.76 bits per heavy atom. The number of aromatic nitrogens is 1. The highest BCUT2D eigenvalue weighted by atomic mass is 127. The number of hydrogen-bond donors (Lipinski definition) is 2. The zero-order valence-electron chi connectivity index (χ0n) is 14.9. The van der Waals surface area contributed by atoms with Crippen molar-refractivity contribution in [3.05, 3.63) is 51.7 Å². The van der Waals surface area contributed by atoms with Gasteiger partial charge in [-0.05, 0) is 37.0 Å². The highest BCUT2D eigenvalue weighted by molar-refractivity contribution is 14.0. The summed E-state index contributed by atoms with van der Waals surface area (Å²) in [4.78, 5) is 9.17. The molecule has 138 valence electrons. The van der Waals surface area contributed by atoms with Gasteiger partial charge in [-0.25, -0.2) is 14.4 Å². The molecule has 0 aliphatic carbocycles. The lowest BCUT2D eigenvalue weighted by Crippen LogP contribution is -2.38. The summed E-state index contributed by atoms with van der Waals surface area (Å²) in [7, 11) is 0. The quantitative estimate of drug-likeness (QED) is 0.356. The molecule has 0 fully saturated rings. The van der Waals surface area contributed by atoms with Gasteiger partial charge in [-0.1, -0.05) is 26.0 Å². The van der Waals surface area contributed by atoms with E-state index >= 15 is 0 Å². The normalized spacial score (nSPS) is 11.3. The van der Waals surface area contributed by atoms with E-state index in [1.165, 1.54) is 6.07 Å². The third-order valence-electron chi connectivity index (χ3n) is 3.47. The van der Waals surface area contributed by atoms with Gasteiger partial charge < -0.3 is 10.6 Å². The molecule has 0 aliphatic heterocycles. The Balaban J connectivity index is 0.00000312. The molecule has 1 aromatic heterocycles.